The molecule has 124 valence electrons. The smallest absolute Gasteiger partial charge is 0.222 e. The molecule has 1 fully saturated rings. The molecular formula is C18H36N2O. The van der Waals surface area contributed by atoms with Crippen molar-refractivity contribution in [2.45, 2.75) is 90.5 Å². The molecule has 1 atom stereocenters. The Hall–Kier alpha value is -0.570. The van der Waals surface area contributed by atoms with Gasteiger partial charge in [0, 0.05) is 25.6 Å². The van der Waals surface area contributed by atoms with Gasteiger partial charge >= 0.3 is 0 Å². The molecule has 1 amide bonds. The van der Waals surface area contributed by atoms with Crippen molar-refractivity contribution in [1.29, 1.82) is 0 Å². The third kappa shape index (κ3) is 8.45. The molecule has 1 aliphatic rings. The van der Waals surface area contributed by atoms with Gasteiger partial charge in [0.1, 0.15) is 0 Å². The standard InChI is InChI=1S/C18H36N2O/c1-3-5-6-7-8-9-10-14-18(21)20(4-2)16-17-13-11-12-15-19-17/h17,19H,3-16H2,1-2H3. The van der Waals surface area contributed by atoms with Crippen molar-refractivity contribution in [2.75, 3.05) is 19.6 Å². The summed E-state index contributed by atoms with van der Waals surface area (Å²) in [6.45, 7) is 7.23. The first-order chi connectivity index (χ1) is 10.3. The highest BCUT2D eigenvalue weighted by Gasteiger charge is 2.18. The molecule has 1 aliphatic heterocycles. The molecule has 1 N–H and O–H groups in total. The highest BCUT2D eigenvalue weighted by atomic mass is 16.2. The van der Waals surface area contributed by atoms with Gasteiger partial charge in [-0.05, 0) is 32.7 Å². The van der Waals surface area contributed by atoms with Crippen molar-refractivity contribution < 1.29 is 4.79 Å². The van der Waals surface area contributed by atoms with E-state index in [4.69, 9.17) is 0 Å². The maximum Gasteiger partial charge on any atom is 0.222 e. The van der Waals surface area contributed by atoms with Crippen molar-refractivity contribution >= 4 is 5.91 Å². The van der Waals surface area contributed by atoms with Gasteiger partial charge in [-0.25, -0.2) is 0 Å². The maximum atomic E-state index is 12.3. The van der Waals surface area contributed by atoms with Crippen LogP contribution in [0, 0.1) is 0 Å². The van der Waals surface area contributed by atoms with E-state index in [0.29, 0.717) is 11.9 Å². The van der Waals surface area contributed by atoms with Gasteiger partial charge in [0.15, 0.2) is 0 Å². The fraction of sp³-hybridized carbons (Fsp3) is 0.944. The summed E-state index contributed by atoms with van der Waals surface area (Å²) in [4.78, 5) is 14.3. The van der Waals surface area contributed by atoms with Gasteiger partial charge in [0.2, 0.25) is 5.91 Å². The van der Waals surface area contributed by atoms with Gasteiger partial charge in [-0.15, -0.1) is 0 Å². The number of unbranched alkanes of at least 4 members (excludes halogenated alkanes) is 6. The number of nitrogens with zero attached hydrogens (tertiary/aromatic N) is 1. The van der Waals surface area contributed by atoms with E-state index in [1.54, 1.807) is 0 Å². The van der Waals surface area contributed by atoms with E-state index < -0.39 is 0 Å². The number of nitrogens with one attached hydrogen (secondary N) is 1. The fourth-order valence-electron chi connectivity index (χ4n) is 3.14. The quantitative estimate of drug-likeness (QED) is 0.582. The second kappa shape index (κ2) is 12.0. The second-order valence-electron chi connectivity index (χ2n) is 6.45. The average molecular weight is 296 g/mol. The molecule has 0 spiro atoms. The van der Waals surface area contributed by atoms with Gasteiger partial charge in [0.05, 0.1) is 0 Å². The lowest BCUT2D eigenvalue weighted by atomic mass is 10.0. The van der Waals surface area contributed by atoms with Gasteiger partial charge in [-0.1, -0.05) is 51.9 Å². The summed E-state index contributed by atoms with van der Waals surface area (Å²) in [7, 11) is 0. The molecule has 0 radical (unpaired) electrons. The minimum absolute atomic E-state index is 0.360. The van der Waals surface area contributed by atoms with Crippen LogP contribution in [-0.2, 0) is 4.79 Å². The van der Waals surface area contributed by atoms with Gasteiger partial charge in [-0.2, -0.15) is 0 Å². The van der Waals surface area contributed by atoms with Crippen LogP contribution in [0.15, 0.2) is 0 Å². The molecule has 1 saturated heterocycles. The molecule has 3 nitrogen and oxygen atoms in total. The van der Waals surface area contributed by atoms with Crippen LogP contribution in [-0.4, -0.2) is 36.5 Å². The molecule has 0 aromatic rings. The maximum absolute atomic E-state index is 12.3. The first kappa shape index (κ1) is 18.5. The molecule has 21 heavy (non-hydrogen) atoms. The van der Waals surface area contributed by atoms with Crippen LogP contribution >= 0.6 is 0 Å². The van der Waals surface area contributed by atoms with Crippen molar-refractivity contribution in [3.05, 3.63) is 0 Å². The number of piperidine rings is 1. The average Bonchev–Trinajstić information content (AvgIpc) is 2.52. The highest BCUT2D eigenvalue weighted by Crippen LogP contribution is 2.12. The Morgan fingerprint density at radius 3 is 2.38 bits per heavy atom. The minimum Gasteiger partial charge on any atom is -0.341 e. The molecule has 1 rings (SSSR count). The van der Waals surface area contributed by atoms with Crippen molar-refractivity contribution in [3.8, 4) is 0 Å². The predicted octanol–water partition coefficient (Wildman–Crippen LogP) is 4.12. The fourth-order valence-corrected chi connectivity index (χ4v) is 3.14. The topological polar surface area (TPSA) is 32.3 Å². The van der Waals surface area contributed by atoms with Crippen LogP contribution in [0.4, 0.5) is 0 Å². The van der Waals surface area contributed by atoms with Crippen LogP contribution in [0.1, 0.15) is 84.5 Å². The van der Waals surface area contributed by atoms with E-state index in [2.05, 4.69) is 24.1 Å². The molecule has 1 unspecified atom stereocenters. The summed E-state index contributed by atoms with van der Waals surface area (Å²) in [6.07, 6.45) is 13.5. The number of likely N-dealkylation sites (N-methyl/N-ethyl adjacent to an activating group) is 1. The van der Waals surface area contributed by atoms with E-state index in [9.17, 15) is 4.79 Å². The summed E-state index contributed by atoms with van der Waals surface area (Å²) < 4.78 is 0. The summed E-state index contributed by atoms with van der Waals surface area (Å²) in [5.41, 5.74) is 0. The normalized spacial score (nSPS) is 18.7. The summed E-state index contributed by atoms with van der Waals surface area (Å²) in [5.74, 6) is 0.360. The van der Waals surface area contributed by atoms with Crippen molar-refractivity contribution in [2.24, 2.45) is 0 Å². The van der Waals surface area contributed by atoms with E-state index in [0.717, 1.165) is 32.5 Å². The molecular weight excluding hydrogens is 260 g/mol. The SMILES string of the molecule is CCCCCCCCCC(=O)N(CC)CC1CCCCN1. The molecule has 0 aliphatic carbocycles. The van der Waals surface area contributed by atoms with Crippen LogP contribution in [0.2, 0.25) is 0 Å². The highest BCUT2D eigenvalue weighted by molar-refractivity contribution is 5.76. The molecule has 0 aromatic heterocycles. The molecule has 0 bridgehead atoms. The van der Waals surface area contributed by atoms with Gasteiger partial charge in [-0.3, -0.25) is 4.79 Å². The van der Waals surface area contributed by atoms with Crippen LogP contribution in [0.5, 0.6) is 0 Å². The van der Waals surface area contributed by atoms with Crippen LogP contribution < -0.4 is 5.32 Å². The lowest BCUT2D eigenvalue weighted by Crippen LogP contribution is -2.45. The molecule has 0 aromatic carbocycles. The Kier molecular flexibility index (Phi) is 10.6. The second-order valence-corrected chi connectivity index (χ2v) is 6.45. The first-order valence-corrected chi connectivity index (χ1v) is 9.29. The lowest BCUT2D eigenvalue weighted by Gasteiger charge is -2.30. The number of carbonyl (C=O) groups excluding carboxylic acids is 1. The third-order valence-electron chi connectivity index (χ3n) is 4.58. The van der Waals surface area contributed by atoms with E-state index >= 15 is 0 Å². The zero-order chi connectivity index (χ0) is 15.3. The third-order valence-corrected chi connectivity index (χ3v) is 4.58. The largest absolute Gasteiger partial charge is 0.341 e. The summed E-state index contributed by atoms with van der Waals surface area (Å²) in [5, 5.41) is 3.54. The Morgan fingerprint density at radius 1 is 1.05 bits per heavy atom. The van der Waals surface area contributed by atoms with Gasteiger partial charge in [0.25, 0.3) is 0 Å². The van der Waals surface area contributed by atoms with Crippen molar-refractivity contribution in [3.63, 3.8) is 0 Å². The monoisotopic (exact) mass is 296 g/mol. The van der Waals surface area contributed by atoms with Crippen LogP contribution in [0.25, 0.3) is 0 Å². The number of carbonyl (C=O) groups is 1. The summed E-state index contributed by atoms with van der Waals surface area (Å²) in [6, 6.07) is 0.525. The number of rotatable bonds is 11. The number of amides is 1. The van der Waals surface area contributed by atoms with Gasteiger partial charge < -0.3 is 10.2 Å². The lowest BCUT2D eigenvalue weighted by molar-refractivity contribution is -0.131. The van der Waals surface area contributed by atoms with E-state index in [-0.39, 0.29) is 0 Å². The minimum atomic E-state index is 0.360. The molecule has 3 heteroatoms. The molecule has 1 heterocycles. The Bertz CT molecular complexity index is 262. The zero-order valence-electron chi connectivity index (χ0n) is 14.3. The van der Waals surface area contributed by atoms with E-state index in [1.807, 2.05) is 0 Å². The Labute approximate surface area is 131 Å². The Balaban J connectivity index is 2.10. The Morgan fingerprint density at radius 2 is 1.76 bits per heavy atom. The summed E-state index contributed by atoms with van der Waals surface area (Å²) >= 11 is 0. The first-order valence-electron chi connectivity index (χ1n) is 9.29. The number of hydrogen-bond donors (Lipinski definition) is 1. The molecule has 0 saturated carbocycles. The van der Waals surface area contributed by atoms with E-state index in [1.165, 1.54) is 57.8 Å². The predicted molar refractivity (Wildman–Crippen MR) is 90.5 cm³/mol. The number of hydrogen-bond acceptors (Lipinski definition) is 2. The van der Waals surface area contributed by atoms with Crippen LogP contribution in [0.3, 0.4) is 0 Å². The van der Waals surface area contributed by atoms with Crippen molar-refractivity contribution in [1.82, 2.24) is 10.2 Å². The zero-order valence-corrected chi connectivity index (χ0v) is 14.3.